The number of rotatable bonds is 7. The number of carboxylic acids is 1. The van der Waals surface area contributed by atoms with Crippen LogP contribution in [0.25, 0.3) is 10.9 Å². The lowest BCUT2D eigenvalue weighted by molar-refractivity contribution is -0.139. The molecule has 1 aromatic heterocycles. The summed E-state index contributed by atoms with van der Waals surface area (Å²) in [6, 6.07) is 12.2. The highest BCUT2D eigenvalue weighted by Crippen LogP contribution is 2.42. The Morgan fingerprint density at radius 3 is 2.61 bits per heavy atom. The number of hydrogen-bond acceptors (Lipinski definition) is 5. The number of fused-ring (bicyclic) bond motifs is 3. The molecule has 1 heterocycles. The van der Waals surface area contributed by atoms with Crippen molar-refractivity contribution in [3.8, 4) is 5.75 Å². The molecule has 1 atom stereocenters. The van der Waals surface area contributed by atoms with E-state index in [1.165, 1.54) is 6.26 Å². The van der Waals surface area contributed by atoms with Gasteiger partial charge in [-0.1, -0.05) is 30.7 Å². The van der Waals surface area contributed by atoms with Crippen LogP contribution < -0.4 is 10.5 Å². The van der Waals surface area contributed by atoms with Gasteiger partial charge >= 0.3 is 5.97 Å². The van der Waals surface area contributed by atoms with Crippen LogP contribution in [0.2, 0.25) is 0 Å². The summed E-state index contributed by atoms with van der Waals surface area (Å²) in [6.07, 6.45) is 4.14. The largest absolute Gasteiger partial charge is 0.481 e. The number of aliphatic carboxylic acids is 1. The first kappa shape index (κ1) is 22.8. The van der Waals surface area contributed by atoms with E-state index in [-0.39, 0.29) is 11.4 Å². The van der Waals surface area contributed by atoms with Crippen molar-refractivity contribution in [1.82, 2.24) is 4.57 Å². The van der Waals surface area contributed by atoms with Gasteiger partial charge in [0, 0.05) is 23.9 Å². The van der Waals surface area contributed by atoms with Gasteiger partial charge in [0.1, 0.15) is 5.75 Å². The Morgan fingerprint density at radius 2 is 1.91 bits per heavy atom. The summed E-state index contributed by atoms with van der Waals surface area (Å²) in [7, 11) is -3.45. The number of carbonyl (C=O) groups excluding carboxylic acids is 1. The van der Waals surface area contributed by atoms with Crippen LogP contribution in [0.5, 0.6) is 5.75 Å². The number of sulfone groups is 1. The van der Waals surface area contributed by atoms with E-state index in [1.807, 2.05) is 10.6 Å². The molecule has 33 heavy (non-hydrogen) atoms. The van der Waals surface area contributed by atoms with Gasteiger partial charge < -0.3 is 20.1 Å². The number of benzene rings is 2. The van der Waals surface area contributed by atoms with Crippen LogP contribution in [0.15, 0.2) is 47.4 Å². The Hall–Kier alpha value is -3.33. The number of hydrogen-bond donors (Lipinski definition) is 2. The number of carbonyl (C=O) groups is 2. The minimum atomic E-state index is -3.45. The van der Waals surface area contributed by atoms with Crippen molar-refractivity contribution in [2.75, 3.05) is 12.9 Å². The van der Waals surface area contributed by atoms with Crippen LogP contribution in [0.4, 0.5) is 0 Å². The first-order chi connectivity index (χ1) is 15.7. The highest BCUT2D eigenvalue weighted by Gasteiger charge is 2.31. The molecule has 4 rings (SSSR count). The van der Waals surface area contributed by atoms with Gasteiger partial charge in [-0.05, 0) is 48.6 Å². The molecule has 174 valence electrons. The highest BCUT2D eigenvalue weighted by atomic mass is 32.2. The normalized spacial score (nSPS) is 16.2. The summed E-state index contributed by atoms with van der Waals surface area (Å²) in [5, 5.41) is 9.78. The molecule has 0 radical (unpaired) electrons. The van der Waals surface area contributed by atoms with Crippen LogP contribution >= 0.6 is 0 Å². The Morgan fingerprint density at radius 1 is 1.15 bits per heavy atom. The van der Waals surface area contributed by atoms with E-state index < -0.39 is 34.2 Å². The Kier molecular flexibility index (Phi) is 6.16. The quantitative estimate of drug-likeness (QED) is 0.511. The summed E-state index contributed by atoms with van der Waals surface area (Å²) >= 11 is 0. The van der Waals surface area contributed by atoms with Crippen molar-refractivity contribution in [3.05, 3.63) is 59.3 Å². The molecule has 0 saturated heterocycles. The second kappa shape index (κ2) is 8.90. The maximum absolute atomic E-state index is 12.4. The number of amides is 1. The van der Waals surface area contributed by atoms with Gasteiger partial charge in [-0.3, -0.25) is 4.79 Å². The molecule has 1 amide bonds. The number of nitrogens with zero attached hydrogens (tertiary/aromatic N) is 1. The van der Waals surface area contributed by atoms with Crippen molar-refractivity contribution in [1.29, 1.82) is 0 Å². The van der Waals surface area contributed by atoms with E-state index >= 15 is 0 Å². The van der Waals surface area contributed by atoms with Gasteiger partial charge in [-0.25, -0.2) is 13.2 Å². The first-order valence-electron chi connectivity index (χ1n) is 10.7. The monoisotopic (exact) mass is 470 g/mol. The van der Waals surface area contributed by atoms with E-state index in [0.29, 0.717) is 29.5 Å². The summed E-state index contributed by atoms with van der Waals surface area (Å²) in [5.74, 6) is -1.71. The molecule has 3 aromatic rings. The molecule has 1 unspecified atom stereocenters. The number of carboxylic acid groups (broad SMARTS) is 1. The third-order valence-corrected chi connectivity index (χ3v) is 7.30. The van der Waals surface area contributed by atoms with Crippen molar-refractivity contribution < 1.29 is 27.9 Å². The molecule has 9 heteroatoms. The van der Waals surface area contributed by atoms with Gasteiger partial charge in [0.25, 0.3) is 0 Å². The summed E-state index contributed by atoms with van der Waals surface area (Å²) in [4.78, 5) is 23.8. The van der Waals surface area contributed by atoms with Gasteiger partial charge in [0.05, 0.1) is 16.3 Å². The molecule has 0 spiro atoms. The van der Waals surface area contributed by atoms with E-state index in [1.54, 1.807) is 36.4 Å². The lowest BCUT2D eigenvalue weighted by Crippen LogP contribution is -2.21. The molecule has 3 N–H and O–H groups in total. The maximum Gasteiger partial charge on any atom is 0.341 e. The lowest BCUT2D eigenvalue weighted by atomic mass is 9.92. The third kappa shape index (κ3) is 4.45. The predicted octanol–water partition coefficient (Wildman–Crippen LogP) is 2.85. The molecule has 1 aliphatic carbocycles. The number of aromatic nitrogens is 1. The van der Waals surface area contributed by atoms with Crippen LogP contribution in [0, 0.1) is 0 Å². The lowest BCUT2D eigenvalue weighted by Gasteiger charge is -2.15. The van der Waals surface area contributed by atoms with Crippen molar-refractivity contribution in [2.24, 2.45) is 5.73 Å². The molecular weight excluding hydrogens is 444 g/mol. The van der Waals surface area contributed by atoms with E-state index in [0.717, 1.165) is 29.6 Å². The molecule has 2 aromatic carbocycles. The minimum Gasteiger partial charge on any atom is -0.481 e. The Balaban J connectivity index is 1.98. The zero-order valence-electron chi connectivity index (χ0n) is 18.3. The maximum atomic E-state index is 12.4. The van der Waals surface area contributed by atoms with Crippen molar-refractivity contribution in [3.63, 3.8) is 0 Å². The third-order valence-electron chi connectivity index (χ3n) is 6.10. The minimum absolute atomic E-state index is 0.249. The van der Waals surface area contributed by atoms with Crippen LogP contribution in [0.3, 0.4) is 0 Å². The first-order valence-corrected chi connectivity index (χ1v) is 12.6. The smallest absolute Gasteiger partial charge is 0.341 e. The molecular formula is C24H26N2O6S. The number of ether oxygens (including phenoxy) is 1. The molecule has 0 aliphatic heterocycles. The number of primary amides is 1. The van der Waals surface area contributed by atoms with Crippen LogP contribution in [-0.4, -0.2) is 42.8 Å². The van der Waals surface area contributed by atoms with Gasteiger partial charge in [-0.15, -0.1) is 0 Å². The fourth-order valence-electron chi connectivity index (χ4n) is 4.77. The Bertz CT molecular complexity index is 1340. The van der Waals surface area contributed by atoms with Gasteiger partial charge in [0.2, 0.25) is 5.91 Å². The Labute approximate surface area is 191 Å². The average Bonchev–Trinajstić information content (AvgIpc) is 2.91. The van der Waals surface area contributed by atoms with Gasteiger partial charge in [-0.2, -0.15) is 0 Å². The molecule has 8 nitrogen and oxygen atoms in total. The highest BCUT2D eigenvalue weighted by molar-refractivity contribution is 7.90. The summed E-state index contributed by atoms with van der Waals surface area (Å²) in [5.41, 5.74) is 8.84. The molecule has 0 fully saturated rings. The predicted molar refractivity (Wildman–Crippen MR) is 123 cm³/mol. The zero-order valence-corrected chi connectivity index (χ0v) is 19.1. The molecule has 1 aliphatic rings. The fraction of sp³-hybridized carbons (Fsp3) is 0.333. The average molecular weight is 471 g/mol. The second-order valence-corrected chi connectivity index (χ2v) is 10.3. The van der Waals surface area contributed by atoms with Gasteiger partial charge in [0.15, 0.2) is 16.4 Å². The topological polar surface area (TPSA) is 129 Å². The van der Waals surface area contributed by atoms with E-state index in [4.69, 9.17) is 15.6 Å². The van der Waals surface area contributed by atoms with Crippen molar-refractivity contribution in [2.45, 2.75) is 43.0 Å². The number of nitrogens with two attached hydrogens (primary N) is 1. The molecule has 0 bridgehead atoms. The van der Waals surface area contributed by atoms with Crippen LogP contribution in [0.1, 0.15) is 42.0 Å². The summed E-state index contributed by atoms with van der Waals surface area (Å²) in [6.45, 7) is -0.236. The summed E-state index contributed by atoms with van der Waals surface area (Å²) < 4.78 is 32.4. The van der Waals surface area contributed by atoms with E-state index in [2.05, 4.69) is 0 Å². The van der Waals surface area contributed by atoms with Crippen molar-refractivity contribution >= 4 is 32.6 Å². The van der Waals surface area contributed by atoms with Crippen LogP contribution in [-0.2, 0) is 32.4 Å². The zero-order chi connectivity index (χ0) is 23.8. The second-order valence-electron chi connectivity index (χ2n) is 8.36. The van der Waals surface area contributed by atoms with E-state index in [9.17, 15) is 18.0 Å². The standard InChI is InChI=1S/C24H26N2O6S/c1-33(30,31)20-12-5-2-7-15(20)13-26-17-9-4-3-8-16(24(25)29)22(17)23-18(26)10-6-11-19(23)32-14-21(27)28/h2,5-7,10-12,16H,3-4,8-9,13-14H2,1H3,(H2,25,29)(H,27,28). The fourth-order valence-corrected chi connectivity index (χ4v) is 5.71. The SMILES string of the molecule is CS(=O)(=O)c1ccccc1Cn1c2c(c3c(OCC(=O)O)cccc31)C(C(N)=O)CCCC2. The molecule has 0 saturated carbocycles.